The molecule has 1 aromatic carbocycles. The lowest BCUT2D eigenvalue weighted by atomic mass is 9.93. The summed E-state index contributed by atoms with van der Waals surface area (Å²) in [4.78, 5) is 15.6. The van der Waals surface area contributed by atoms with E-state index in [1.807, 2.05) is 6.07 Å². The number of nitrogens with two attached hydrogens (primary N) is 1. The Morgan fingerprint density at radius 1 is 1.19 bits per heavy atom. The number of primary amides is 1. The topological polar surface area (TPSA) is 105 Å². The van der Waals surface area contributed by atoms with Crippen molar-refractivity contribution in [1.82, 2.24) is 4.98 Å². The van der Waals surface area contributed by atoms with Crippen LogP contribution in [0.1, 0.15) is 20.8 Å². The van der Waals surface area contributed by atoms with Crippen molar-refractivity contribution in [2.75, 3.05) is 22.7 Å². The molecule has 3 N–H and O–H groups in total. The number of sulfonamides is 1. The Morgan fingerprint density at radius 2 is 1.85 bits per heavy atom. The highest BCUT2D eigenvalue weighted by Crippen LogP contribution is 2.23. The van der Waals surface area contributed by atoms with Gasteiger partial charge in [-0.05, 0) is 45.0 Å². The number of para-hydroxylation sites is 1. The fourth-order valence-electron chi connectivity index (χ4n) is 2.25. The molecule has 0 atom stereocenters. The van der Waals surface area contributed by atoms with Crippen LogP contribution in [0.15, 0.2) is 53.6 Å². The maximum atomic E-state index is 12.9. The van der Waals surface area contributed by atoms with Crippen LogP contribution in [-0.4, -0.2) is 32.4 Å². The highest BCUT2D eigenvalue weighted by molar-refractivity contribution is 7.92. The van der Waals surface area contributed by atoms with Crippen molar-refractivity contribution in [3.63, 3.8) is 0 Å². The fourth-order valence-corrected chi connectivity index (χ4v) is 3.67. The molecule has 1 heterocycles. The molecule has 0 unspecified atom stereocenters. The van der Waals surface area contributed by atoms with Gasteiger partial charge in [0.15, 0.2) is 0 Å². The number of benzene rings is 1. The number of aromatic nitrogens is 1. The second kappa shape index (κ2) is 7.74. The Balaban J connectivity index is 2.20. The number of carbonyl (C=O) groups excluding carboxylic acids is 1. The Hall–Kier alpha value is -2.61. The highest BCUT2D eigenvalue weighted by Gasteiger charge is 2.26. The van der Waals surface area contributed by atoms with Gasteiger partial charge in [0, 0.05) is 19.3 Å². The zero-order valence-electron chi connectivity index (χ0n) is 15.1. The summed E-state index contributed by atoms with van der Waals surface area (Å²) < 4.78 is 27.1. The summed E-state index contributed by atoms with van der Waals surface area (Å²) in [5, 5.41) is 3.00. The molecule has 0 bridgehead atoms. The van der Waals surface area contributed by atoms with Gasteiger partial charge in [0.1, 0.15) is 10.7 Å². The van der Waals surface area contributed by atoms with Crippen LogP contribution in [0.2, 0.25) is 0 Å². The van der Waals surface area contributed by atoms with Crippen LogP contribution in [0.3, 0.4) is 0 Å². The van der Waals surface area contributed by atoms with Crippen LogP contribution < -0.4 is 15.4 Å². The van der Waals surface area contributed by atoms with Gasteiger partial charge in [0.2, 0.25) is 5.91 Å². The molecule has 0 fully saturated rings. The summed E-state index contributed by atoms with van der Waals surface area (Å²) in [6, 6.07) is 12.0. The first-order valence-corrected chi connectivity index (χ1v) is 9.70. The van der Waals surface area contributed by atoms with E-state index in [9.17, 15) is 13.2 Å². The van der Waals surface area contributed by atoms with Gasteiger partial charge >= 0.3 is 0 Å². The molecule has 2 aromatic rings. The maximum absolute atomic E-state index is 12.9. The molecule has 0 aliphatic carbocycles. The second-order valence-electron chi connectivity index (χ2n) is 6.49. The minimum atomic E-state index is -3.71. The quantitative estimate of drug-likeness (QED) is 0.735. The Bertz CT molecular complexity index is 850. The van der Waals surface area contributed by atoms with Crippen molar-refractivity contribution >= 4 is 27.4 Å². The van der Waals surface area contributed by atoms with Gasteiger partial charge in [-0.1, -0.05) is 18.2 Å². The predicted octanol–water partition coefficient (Wildman–Crippen LogP) is 2.22. The Labute approximate surface area is 154 Å². The standard InChI is InChI=1S/C18H24N4O3S/c1-4-22(14-8-6-5-7-9-14)26(24,25)15-10-11-16(20-12-15)21-13-18(2,3)17(19)23/h5-12H,4,13H2,1-3H3,(H2,19,23)(H,20,21). The van der Waals surface area contributed by atoms with Crippen molar-refractivity contribution in [1.29, 1.82) is 0 Å². The maximum Gasteiger partial charge on any atom is 0.265 e. The van der Waals surface area contributed by atoms with Crippen molar-refractivity contribution in [3.05, 3.63) is 48.7 Å². The smallest absolute Gasteiger partial charge is 0.265 e. The van der Waals surface area contributed by atoms with E-state index in [1.54, 1.807) is 51.1 Å². The lowest BCUT2D eigenvalue weighted by Gasteiger charge is -2.23. The molecule has 0 aliphatic heterocycles. The number of pyridine rings is 1. The number of rotatable bonds is 8. The van der Waals surface area contributed by atoms with Crippen LogP contribution >= 0.6 is 0 Å². The average molecular weight is 376 g/mol. The van der Waals surface area contributed by atoms with Gasteiger partial charge in [0.05, 0.1) is 11.1 Å². The van der Waals surface area contributed by atoms with Gasteiger partial charge in [-0.3, -0.25) is 9.10 Å². The van der Waals surface area contributed by atoms with E-state index in [0.29, 0.717) is 24.6 Å². The van der Waals surface area contributed by atoms with Gasteiger partial charge in [-0.25, -0.2) is 13.4 Å². The van der Waals surface area contributed by atoms with E-state index in [0.717, 1.165) is 0 Å². The van der Waals surface area contributed by atoms with Gasteiger partial charge in [-0.15, -0.1) is 0 Å². The molecule has 1 aromatic heterocycles. The van der Waals surface area contributed by atoms with E-state index in [-0.39, 0.29) is 4.90 Å². The minimum absolute atomic E-state index is 0.0999. The molecule has 2 rings (SSSR count). The van der Waals surface area contributed by atoms with E-state index >= 15 is 0 Å². The van der Waals surface area contributed by atoms with Crippen LogP contribution in [0.25, 0.3) is 0 Å². The van der Waals surface area contributed by atoms with Crippen molar-refractivity contribution in [2.24, 2.45) is 11.1 Å². The molecule has 0 saturated heterocycles. The predicted molar refractivity (Wildman–Crippen MR) is 102 cm³/mol. The largest absolute Gasteiger partial charge is 0.369 e. The number of anilines is 2. The highest BCUT2D eigenvalue weighted by atomic mass is 32.2. The van der Waals surface area contributed by atoms with Gasteiger partial charge in [0.25, 0.3) is 10.0 Å². The number of amides is 1. The normalized spacial score (nSPS) is 11.8. The van der Waals surface area contributed by atoms with E-state index < -0.39 is 21.3 Å². The monoisotopic (exact) mass is 376 g/mol. The molecule has 0 spiro atoms. The third-order valence-electron chi connectivity index (χ3n) is 4.03. The van der Waals surface area contributed by atoms with E-state index in [2.05, 4.69) is 10.3 Å². The third kappa shape index (κ3) is 4.32. The molecule has 26 heavy (non-hydrogen) atoms. The first kappa shape index (κ1) is 19.7. The van der Waals surface area contributed by atoms with Crippen LogP contribution in [0.4, 0.5) is 11.5 Å². The van der Waals surface area contributed by atoms with E-state index in [4.69, 9.17) is 5.73 Å². The molecule has 7 nitrogen and oxygen atoms in total. The van der Waals surface area contributed by atoms with E-state index in [1.165, 1.54) is 16.6 Å². The summed E-state index contributed by atoms with van der Waals surface area (Å²) in [5.41, 5.74) is 5.20. The van der Waals surface area contributed by atoms with Crippen LogP contribution in [0, 0.1) is 5.41 Å². The first-order chi connectivity index (χ1) is 12.2. The molecule has 140 valence electrons. The first-order valence-electron chi connectivity index (χ1n) is 8.26. The van der Waals surface area contributed by atoms with Crippen molar-refractivity contribution in [2.45, 2.75) is 25.7 Å². The van der Waals surface area contributed by atoms with Gasteiger partial charge in [-0.2, -0.15) is 0 Å². The number of nitrogens with zero attached hydrogens (tertiary/aromatic N) is 2. The number of nitrogens with one attached hydrogen (secondary N) is 1. The van der Waals surface area contributed by atoms with Crippen molar-refractivity contribution < 1.29 is 13.2 Å². The van der Waals surface area contributed by atoms with Crippen molar-refractivity contribution in [3.8, 4) is 0 Å². The molecule has 0 saturated carbocycles. The second-order valence-corrected chi connectivity index (χ2v) is 8.35. The van der Waals surface area contributed by atoms with Gasteiger partial charge < -0.3 is 11.1 Å². The minimum Gasteiger partial charge on any atom is -0.369 e. The summed E-state index contributed by atoms with van der Waals surface area (Å²) in [5.74, 6) is 0.0479. The summed E-state index contributed by atoms with van der Waals surface area (Å²) in [6.07, 6.45) is 1.31. The molecular formula is C18H24N4O3S. The number of carbonyl (C=O) groups is 1. The zero-order valence-corrected chi connectivity index (χ0v) is 16.0. The third-order valence-corrected chi connectivity index (χ3v) is 5.92. The Morgan fingerprint density at radius 3 is 2.35 bits per heavy atom. The van der Waals surface area contributed by atoms with Crippen LogP contribution in [-0.2, 0) is 14.8 Å². The molecular weight excluding hydrogens is 352 g/mol. The average Bonchev–Trinajstić information content (AvgIpc) is 2.61. The molecule has 1 amide bonds. The molecule has 0 aliphatic rings. The zero-order chi connectivity index (χ0) is 19.4. The number of hydrogen-bond acceptors (Lipinski definition) is 5. The fraction of sp³-hybridized carbons (Fsp3) is 0.333. The van der Waals surface area contributed by atoms with Crippen LogP contribution in [0.5, 0.6) is 0 Å². The lowest BCUT2D eigenvalue weighted by Crippen LogP contribution is -2.37. The number of hydrogen-bond donors (Lipinski definition) is 2. The molecule has 8 heteroatoms. The SMILES string of the molecule is CCN(c1ccccc1)S(=O)(=O)c1ccc(NCC(C)(C)C(N)=O)nc1. The Kier molecular flexibility index (Phi) is 5.86. The summed E-state index contributed by atoms with van der Waals surface area (Å²) in [6.45, 7) is 5.83. The summed E-state index contributed by atoms with van der Waals surface area (Å²) in [7, 11) is -3.71. The summed E-state index contributed by atoms with van der Waals surface area (Å²) >= 11 is 0. The molecule has 0 radical (unpaired) electrons. The lowest BCUT2D eigenvalue weighted by molar-refractivity contribution is -0.125.